The number of carbonyl (C=O) groups is 1. The third-order valence-electron chi connectivity index (χ3n) is 3.75. The number of carboxylic acids is 1. The quantitative estimate of drug-likeness (QED) is 0.879. The lowest BCUT2D eigenvalue weighted by atomic mass is 9.90. The Hall–Kier alpha value is -2.13. The third-order valence-corrected chi connectivity index (χ3v) is 3.75. The van der Waals surface area contributed by atoms with Gasteiger partial charge in [-0.3, -0.25) is 0 Å². The van der Waals surface area contributed by atoms with Crippen LogP contribution in [0, 0.1) is 6.92 Å². The van der Waals surface area contributed by atoms with Crippen LogP contribution < -0.4 is 5.32 Å². The van der Waals surface area contributed by atoms with Gasteiger partial charge >= 0.3 is 5.97 Å². The molecule has 0 saturated carbocycles. The van der Waals surface area contributed by atoms with Gasteiger partial charge in [0.15, 0.2) is 0 Å². The fourth-order valence-electron chi connectivity index (χ4n) is 2.46. The first kappa shape index (κ1) is 15.3. The molecule has 21 heavy (non-hydrogen) atoms. The third kappa shape index (κ3) is 3.70. The van der Waals surface area contributed by atoms with Crippen LogP contribution in [0.2, 0.25) is 0 Å². The molecule has 0 aliphatic heterocycles. The zero-order valence-corrected chi connectivity index (χ0v) is 12.7. The Morgan fingerprint density at radius 1 is 1.10 bits per heavy atom. The average Bonchev–Trinajstić information content (AvgIpc) is 2.46. The van der Waals surface area contributed by atoms with Gasteiger partial charge in [-0.25, -0.2) is 4.79 Å². The van der Waals surface area contributed by atoms with Crippen molar-refractivity contribution >= 4 is 5.97 Å². The predicted molar refractivity (Wildman–Crippen MR) is 84.4 cm³/mol. The maximum absolute atomic E-state index is 10.8. The van der Waals surface area contributed by atoms with Gasteiger partial charge in [0.05, 0.1) is 5.56 Å². The van der Waals surface area contributed by atoms with Crippen LogP contribution in [-0.4, -0.2) is 11.1 Å². The van der Waals surface area contributed by atoms with Crippen molar-refractivity contribution in [1.82, 2.24) is 5.32 Å². The number of nitrogens with one attached hydrogen (secondary N) is 1. The highest BCUT2D eigenvalue weighted by Crippen LogP contribution is 2.23. The molecular weight excluding hydrogens is 262 g/mol. The Morgan fingerprint density at radius 3 is 2.29 bits per heavy atom. The fraction of sp³-hybridized carbons (Fsp3) is 0.278. The largest absolute Gasteiger partial charge is 0.478 e. The van der Waals surface area contributed by atoms with Gasteiger partial charge in [0.1, 0.15) is 0 Å². The zero-order chi connectivity index (χ0) is 15.5. The summed E-state index contributed by atoms with van der Waals surface area (Å²) < 4.78 is 0. The van der Waals surface area contributed by atoms with Crippen LogP contribution in [0.25, 0.3) is 0 Å². The molecule has 0 fully saturated rings. The van der Waals surface area contributed by atoms with Gasteiger partial charge in [-0.15, -0.1) is 0 Å². The van der Waals surface area contributed by atoms with E-state index in [0.29, 0.717) is 12.1 Å². The summed E-state index contributed by atoms with van der Waals surface area (Å²) in [7, 11) is 0. The minimum atomic E-state index is -0.894. The molecule has 0 aliphatic rings. The van der Waals surface area contributed by atoms with Gasteiger partial charge in [0.2, 0.25) is 0 Å². The van der Waals surface area contributed by atoms with Gasteiger partial charge in [-0.05, 0) is 49.6 Å². The van der Waals surface area contributed by atoms with Crippen molar-refractivity contribution < 1.29 is 9.90 Å². The Balaban J connectivity index is 2.08. The van der Waals surface area contributed by atoms with E-state index in [1.165, 1.54) is 11.1 Å². The van der Waals surface area contributed by atoms with Crippen LogP contribution in [0.3, 0.4) is 0 Å². The molecule has 110 valence electrons. The molecule has 0 heterocycles. The maximum Gasteiger partial charge on any atom is 0.335 e. The Bertz CT molecular complexity index is 630. The molecule has 3 heteroatoms. The first-order valence-corrected chi connectivity index (χ1v) is 7.03. The molecule has 0 saturated heterocycles. The zero-order valence-electron chi connectivity index (χ0n) is 12.7. The number of aryl methyl sites for hydroxylation is 1. The SMILES string of the molecule is Cc1ccccc1C(C)(C)NCc1ccc(C(=O)O)cc1. The molecular formula is C18H21NO2. The van der Waals surface area contributed by atoms with E-state index in [9.17, 15) is 4.79 Å². The molecule has 3 nitrogen and oxygen atoms in total. The number of hydrogen-bond acceptors (Lipinski definition) is 2. The summed E-state index contributed by atoms with van der Waals surface area (Å²) in [5, 5.41) is 12.4. The van der Waals surface area contributed by atoms with E-state index in [4.69, 9.17) is 5.11 Å². The minimum absolute atomic E-state index is 0.142. The highest BCUT2D eigenvalue weighted by atomic mass is 16.4. The van der Waals surface area contributed by atoms with Gasteiger partial charge in [-0.2, -0.15) is 0 Å². The molecule has 2 aromatic carbocycles. The second kappa shape index (κ2) is 6.10. The molecule has 0 spiro atoms. The smallest absolute Gasteiger partial charge is 0.335 e. The van der Waals surface area contributed by atoms with Crippen molar-refractivity contribution in [2.75, 3.05) is 0 Å². The van der Waals surface area contributed by atoms with Crippen LogP contribution in [0.1, 0.15) is 40.9 Å². The Morgan fingerprint density at radius 2 is 1.71 bits per heavy atom. The molecule has 0 aliphatic carbocycles. The van der Waals surface area contributed by atoms with Gasteiger partial charge in [-0.1, -0.05) is 36.4 Å². The monoisotopic (exact) mass is 283 g/mol. The molecule has 0 unspecified atom stereocenters. The van der Waals surface area contributed by atoms with Crippen LogP contribution in [0.4, 0.5) is 0 Å². The molecule has 0 aromatic heterocycles. The van der Waals surface area contributed by atoms with Crippen LogP contribution >= 0.6 is 0 Å². The lowest BCUT2D eigenvalue weighted by molar-refractivity contribution is 0.0697. The number of hydrogen-bond donors (Lipinski definition) is 2. The maximum atomic E-state index is 10.8. The van der Waals surface area contributed by atoms with Crippen LogP contribution in [-0.2, 0) is 12.1 Å². The van der Waals surface area contributed by atoms with Gasteiger partial charge in [0.25, 0.3) is 0 Å². The van der Waals surface area contributed by atoms with E-state index in [1.54, 1.807) is 12.1 Å². The molecule has 0 bridgehead atoms. The summed E-state index contributed by atoms with van der Waals surface area (Å²) in [4.78, 5) is 10.8. The standard InChI is InChI=1S/C18H21NO2/c1-13-6-4-5-7-16(13)18(2,3)19-12-14-8-10-15(11-9-14)17(20)21/h4-11,19H,12H2,1-3H3,(H,20,21). The van der Waals surface area contributed by atoms with Crippen molar-refractivity contribution in [3.8, 4) is 0 Å². The second-order valence-corrected chi connectivity index (χ2v) is 5.80. The topological polar surface area (TPSA) is 49.3 Å². The fourth-order valence-corrected chi connectivity index (χ4v) is 2.46. The van der Waals surface area contributed by atoms with Crippen molar-refractivity contribution in [2.45, 2.75) is 32.9 Å². The summed E-state index contributed by atoms with van der Waals surface area (Å²) in [6, 6.07) is 15.3. The molecule has 2 aromatic rings. The van der Waals surface area contributed by atoms with Crippen molar-refractivity contribution in [2.24, 2.45) is 0 Å². The Kier molecular flexibility index (Phi) is 4.43. The van der Waals surface area contributed by atoms with E-state index in [0.717, 1.165) is 5.56 Å². The minimum Gasteiger partial charge on any atom is -0.478 e. The lowest BCUT2D eigenvalue weighted by Crippen LogP contribution is -2.36. The number of aromatic carboxylic acids is 1. The van der Waals surface area contributed by atoms with E-state index < -0.39 is 5.97 Å². The van der Waals surface area contributed by atoms with Crippen molar-refractivity contribution in [1.29, 1.82) is 0 Å². The van der Waals surface area contributed by atoms with Crippen LogP contribution in [0.15, 0.2) is 48.5 Å². The van der Waals surface area contributed by atoms with Gasteiger partial charge in [0, 0.05) is 12.1 Å². The summed E-state index contributed by atoms with van der Waals surface area (Å²) in [5.41, 5.74) is 3.78. The van der Waals surface area contributed by atoms with Gasteiger partial charge < -0.3 is 10.4 Å². The highest BCUT2D eigenvalue weighted by molar-refractivity contribution is 5.87. The van der Waals surface area contributed by atoms with E-state index in [2.05, 4.69) is 38.2 Å². The molecule has 0 atom stereocenters. The second-order valence-electron chi connectivity index (χ2n) is 5.80. The Labute approximate surface area is 125 Å². The molecule has 0 radical (unpaired) electrons. The van der Waals surface area contributed by atoms with Crippen molar-refractivity contribution in [3.63, 3.8) is 0 Å². The average molecular weight is 283 g/mol. The molecule has 2 N–H and O–H groups in total. The number of benzene rings is 2. The summed E-state index contributed by atoms with van der Waals surface area (Å²) in [5.74, 6) is -0.894. The van der Waals surface area contributed by atoms with E-state index in [1.807, 2.05) is 24.3 Å². The highest BCUT2D eigenvalue weighted by Gasteiger charge is 2.21. The number of carboxylic acid groups (broad SMARTS) is 1. The molecule has 2 rings (SSSR count). The summed E-state index contributed by atoms with van der Waals surface area (Å²) in [6.07, 6.45) is 0. The normalized spacial score (nSPS) is 11.4. The lowest BCUT2D eigenvalue weighted by Gasteiger charge is -2.29. The summed E-state index contributed by atoms with van der Waals surface area (Å²) >= 11 is 0. The number of rotatable bonds is 5. The van der Waals surface area contributed by atoms with E-state index >= 15 is 0 Å². The van der Waals surface area contributed by atoms with Crippen LogP contribution in [0.5, 0.6) is 0 Å². The molecule has 0 amide bonds. The first-order valence-electron chi connectivity index (χ1n) is 7.03. The summed E-state index contributed by atoms with van der Waals surface area (Å²) in [6.45, 7) is 7.11. The predicted octanol–water partition coefficient (Wildman–Crippen LogP) is 3.72. The van der Waals surface area contributed by atoms with E-state index in [-0.39, 0.29) is 5.54 Å². The first-order chi connectivity index (χ1) is 9.90. The van der Waals surface area contributed by atoms with Crippen molar-refractivity contribution in [3.05, 3.63) is 70.8 Å².